The van der Waals surface area contributed by atoms with Crippen molar-refractivity contribution in [2.75, 3.05) is 0 Å². The van der Waals surface area contributed by atoms with Crippen molar-refractivity contribution in [1.29, 1.82) is 5.26 Å². The van der Waals surface area contributed by atoms with Crippen molar-refractivity contribution in [2.24, 2.45) is 5.92 Å². The van der Waals surface area contributed by atoms with E-state index < -0.39 is 5.92 Å². The van der Waals surface area contributed by atoms with Crippen LogP contribution in [0.25, 0.3) is 0 Å². The number of nitrogens with zero attached hydrogens (tertiary/aromatic N) is 2. The average molecular weight is 237 g/mol. The third-order valence-electron chi connectivity index (χ3n) is 3.48. The lowest BCUT2D eigenvalue weighted by Gasteiger charge is -2.39. The lowest BCUT2D eigenvalue weighted by atomic mass is 9.99. The molecule has 4 nitrogen and oxygen atoms in total. The highest BCUT2D eigenvalue weighted by Gasteiger charge is 2.28. The van der Waals surface area contributed by atoms with Gasteiger partial charge in [-0.2, -0.15) is 5.26 Å². The summed E-state index contributed by atoms with van der Waals surface area (Å²) in [5, 5.41) is 11.0. The zero-order valence-electron chi connectivity index (χ0n) is 11.1. The van der Waals surface area contributed by atoms with Crippen LogP contribution in [0.3, 0.4) is 0 Å². The van der Waals surface area contributed by atoms with E-state index in [9.17, 15) is 4.79 Å². The number of rotatable bonds is 4. The molecule has 0 aromatic heterocycles. The maximum Gasteiger partial charge on any atom is 0.251 e. The predicted octanol–water partition coefficient (Wildman–Crippen LogP) is 2.22. The quantitative estimate of drug-likeness (QED) is 0.815. The van der Waals surface area contributed by atoms with Gasteiger partial charge < -0.3 is 0 Å². The van der Waals surface area contributed by atoms with Crippen molar-refractivity contribution < 1.29 is 4.79 Å². The molecule has 0 saturated carbocycles. The predicted molar refractivity (Wildman–Crippen MR) is 66.8 cm³/mol. The summed E-state index contributed by atoms with van der Waals surface area (Å²) in [6, 6.07) is 2.81. The fourth-order valence-corrected chi connectivity index (χ4v) is 2.39. The van der Waals surface area contributed by atoms with E-state index in [2.05, 4.69) is 25.3 Å². The lowest BCUT2D eigenvalue weighted by molar-refractivity contribution is -0.131. The van der Waals surface area contributed by atoms with E-state index in [1.165, 1.54) is 6.42 Å². The smallest absolute Gasteiger partial charge is 0.251 e. The molecule has 1 amide bonds. The molecule has 0 bridgehead atoms. The first-order chi connectivity index (χ1) is 8.10. The second-order valence-corrected chi connectivity index (χ2v) is 4.98. The van der Waals surface area contributed by atoms with Crippen molar-refractivity contribution >= 4 is 5.91 Å². The zero-order chi connectivity index (χ0) is 12.8. The van der Waals surface area contributed by atoms with Gasteiger partial charge in [0.15, 0.2) is 0 Å². The molecule has 0 aliphatic carbocycles. The molecule has 3 unspecified atom stereocenters. The summed E-state index contributed by atoms with van der Waals surface area (Å²) in [4.78, 5) is 11.9. The van der Waals surface area contributed by atoms with Crippen molar-refractivity contribution in [2.45, 2.75) is 65.0 Å². The minimum absolute atomic E-state index is 0.144. The molecule has 1 rings (SSSR count). The standard InChI is InChI=1S/C13H23N3O/c1-4-6-12(9-14)13(17)15-16-10(2)7-5-8-11(16)3/h10-12H,4-8H2,1-3H3,(H,15,17). The van der Waals surface area contributed by atoms with Crippen molar-refractivity contribution in [1.82, 2.24) is 10.4 Å². The van der Waals surface area contributed by atoms with Gasteiger partial charge in [0.1, 0.15) is 5.92 Å². The Hall–Kier alpha value is -1.08. The Labute approximate surface area is 104 Å². The molecule has 1 saturated heterocycles. The fraction of sp³-hybridized carbons (Fsp3) is 0.846. The molecular formula is C13H23N3O. The van der Waals surface area contributed by atoms with Crippen molar-refractivity contribution in [3.8, 4) is 6.07 Å². The van der Waals surface area contributed by atoms with Crippen LogP contribution in [0, 0.1) is 17.2 Å². The van der Waals surface area contributed by atoms with Gasteiger partial charge in [-0.15, -0.1) is 0 Å². The number of amides is 1. The van der Waals surface area contributed by atoms with Gasteiger partial charge in [0.2, 0.25) is 0 Å². The molecule has 1 fully saturated rings. The molecule has 4 heteroatoms. The molecule has 1 aliphatic rings. The summed E-state index contributed by atoms with van der Waals surface area (Å²) < 4.78 is 0. The normalized spacial score (nSPS) is 27.2. The summed E-state index contributed by atoms with van der Waals surface area (Å²) >= 11 is 0. The second-order valence-electron chi connectivity index (χ2n) is 4.98. The monoisotopic (exact) mass is 237 g/mol. The van der Waals surface area contributed by atoms with E-state index in [1.807, 2.05) is 11.9 Å². The number of nitriles is 1. The number of hydrazine groups is 1. The van der Waals surface area contributed by atoms with Gasteiger partial charge in [-0.25, -0.2) is 5.01 Å². The highest BCUT2D eigenvalue weighted by atomic mass is 16.2. The highest BCUT2D eigenvalue weighted by molar-refractivity contribution is 5.80. The second kappa shape index (κ2) is 6.61. The molecule has 0 spiro atoms. The number of hydrogen-bond donors (Lipinski definition) is 1. The first-order valence-electron chi connectivity index (χ1n) is 6.58. The maximum atomic E-state index is 11.9. The number of carbonyl (C=O) groups excluding carboxylic acids is 1. The van der Waals surface area contributed by atoms with Crippen LogP contribution in [-0.2, 0) is 4.79 Å². The summed E-state index contributed by atoms with van der Waals surface area (Å²) in [6.07, 6.45) is 4.92. The molecular weight excluding hydrogens is 214 g/mol. The highest BCUT2D eigenvalue weighted by Crippen LogP contribution is 2.20. The SMILES string of the molecule is CCCC(C#N)C(=O)NN1C(C)CCCC1C. The first-order valence-corrected chi connectivity index (χ1v) is 6.58. The molecule has 17 heavy (non-hydrogen) atoms. The van der Waals surface area contributed by atoms with Gasteiger partial charge in [-0.1, -0.05) is 19.8 Å². The van der Waals surface area contributed by atoms with Crippen LogP contribution in [0.15, 0.2) is 0 Å². The summed E-state index contributed by atoms with van der Waals surface area (Å²) in [7, 11) is 0. The van der Waals surface area contributed by atoms with Gasteiger partial charge in [0.05, 0.1) is 6.07 Å². The van der Waals surface area contributed by atoms with E-state index in [1.54, 1.807) is 0 Å². The van der Waals surface area contributed by atoms with E-state index in [4.69, 9.17) is 5.26 Å². The van der Waals surface area contributed by atoms with Gasteiger partial charge in [-0.05, 0) is 33.1 Å². The molecule has 0 aromatic rings. The lowest BCUT2D eigenvalue weighted by Crippen LogP contribution is -2.55. The average Bonchev–Trinajstić information content (AvgIpc) is 2.30. The van der Waals surface area contributed by atoms with E-state index >= 15 is 0 Å². The Bertz CT molecular complexity index is 288. The number of piperidine rings is 1. The topological polar surface area (TPSA) is 56.1 Å². The molecule has 3 atom stereocenters. The molecule has 0 aromatic carbocycles. The largest absolute Gasteiger partial charge is 0.287 e. The Morgan fingerprint density at radius 2 is 2.06 bits per heavy atom. The number of hydrogen-bond acceptors (Lipinski definition) is 3. The first kappa shape index (κ1) is 14.0. The Balaban J connectivity index is 2.57. The number of nitrogens with one attached hydrogen (secondary N) is 1. The molecule has 0 radical (unpaired) electrons. The fourth-order valence-electron chi connectivity index (χ4n) is 2.39. The van der Waals surface area contributed by atoms with Crippen LogP contribution < -0.4 is 5.43 Å². The minimum Gasteiger partial charge on any atom is -0.287 e. The van der Waals surface area contributed by atoms with Crippen molar-refractivity contribution in [3.63, 3.8) is 0 Å². The molecule has 1 N–H and O–H groups in total. The van der Waals surface area contributed by atoms with Gasteiger partial charge in [-0.3, -0.25) is 10.2 Å². The zero-order valence-corrected chi connectivity index (χ0v) is 11.1. The third kappa shape index (κ3) is 3.71. The number of carbonyl (C=O) groups is 1. The van der Waals surface area contributed by atoms with Gasteiger partial charge >= 0.3 is 0 Å². The van der Waals surface area contributed by atoms with Crippen LogP contribution in [0.4, 0.5) is 0 Å². The van der Waals surface area contributed by atoms with Crippen LogP contribution in [0.5, 0.6) is 0 Å². The van der Waals surface area contributed by atoms with Crippen LogP contribution in [0.1, 0.15) is 52.9 Å². The summed E-state index contributed by atoms with van der Waals surface area (Å²) in [5.74, 6) is -0.656. The van der Waals surface area contributed by atoms with Crippen LogP contribution in [0.2, 0.25) is 0 Å². The minimum atomic E-state index is -0.513. The van der Waals surface area contributed by atoms with E-state index in [0.717, 1.165) is 19.3 Å². The Kier molecular flexibility index (Phi) is 5.43. The molecule has 96 valence electrons. The van der Waals surface area contributed by atoms with Gasteiger partial charge in [0.25, 0.3) is 5.91 Å². The van der Waals surface area contributed by atoms with Crippen LogP contribution >= 0.6 is 0 Å². The summed E-state index contributed by atoms with van der Waals surface area (Å²) in [5.41, 5.74) is 2.93. The van der Waals surface area contributed by atoms with Crippen molar-refractivity contribution in [3.05, 3.63) is 0 Å². The Morgan fingerprint density at radius 3 is 2.53 bits per heavy atom. The third-order valence-corrected chi connectivity index (χ3v) is 3.48. The van der Waals surface area contributed by atoms with Gasteiger partial charge in [0, 0.05) is 12.1 Å². The maximum absolute atomic E-state index is 11.9. The summed E-state index contributed by atoms with van der Waals surface area (Å²) in [6.45, 7) is 6.23. The Morgan fingerprint density at radius 1 is 1.47 bits per heavy atom. The van der Waals surface area contributed by atoms with E-state index in [0.29, 0.717) is 18.5 Å². The molecule has 1 aliphatic heterocycles. The van der Waals surface area contributed by atoms with Crippen LogP contribution in [-0.4, -0.2) is 23.0 Å². The van der Waals surface area contributed by atoms with E-state index in [-0.39, 0.29) is 5.91 Å². The molecule has 1 heterocycles.